The Hall–Kier alpha value is -2.22. The first kappa shape index (κ1) is 12.2. The lowest BCUT2D eigenvalue weighted by Crippen LogP contribution is -2.33. The molecular weight excluding hydrogens is 242 g/mol. The third-order valence-electron chi connectivity index (χ3n) is 2.78. The van der Waals surface area contributed by atoms with Crippen LogP contribution in [-0.2, 0) is 0 Å². The van der Waals surface area contributed by atoms with E-state index in [0.717, 1.165) is 12.3 Å². The van der Waals surface area contributed by atoms with Gasteiger partial charge in [-0.05, 0) is 6.42 Å². The summed E-state index contributed by atoms with van der Waals surface area (Å²) in [5.74, 6) is -0.600. The standard InChI is InChI=1S/C10H11N3O5/c14-7-1-2-12(5-7)10(16)8-3-6(13(17)18)4-11-9(8)15/h3-4,7,14H,1-2,5H2,(H,11,15)/t7-/m1/s1. The Bertz CT molecular complexity index is 553. The monoisotopic (exact) mass is 253 g/mol. The maximum absolute atomic E-state index is 12.0. The molecule has 2 N–H and O–H groups in total. The van der Waals surface area contributed by atoms with Gasteiger partial charge >= 0.3 is 0 Å². The summed E-state index contributed by atoms with van der Waals surface area (Å²) in [4.78, 5) is 36.8. The number of pyridine rings is 1. The molecule has 0 radical (unpaired) electrons. The van der Waals surface area contributed by atoms with Gasteiger partial charge in [-0.15, -0.1) is 0 Å². The van der Waals surface area contributed by atoms with Crippen LogP contribution in [0.1, 0.15) is 16.8 Å². The number of carbonyl (C=O) groups excluding carboxylic acids is 1. The number of nitrogens with one attached hydrogen (secondary N) is 1. The van der Waals surface area contributed by atoms with Crippen molar-refractivity contribution < 1.29 is 14.8 Å². The summed E-state index contributed by atoms with van der Waals surface area (Å²) < 4.78 is 0. The highest BCUT2D eigenvalue weighted by Crippen LogP contribution is 2.14. The molecule has 0 spiro atoms. The molecule has 1 amide bonds. The van der Waals surface area contributed by atoms with Crippen LogP contribution in [0.4, 0.5) is 5.69 Å². The number of nitro groups is 1. The number of carbonyl (C=O) groups is 1. The first-order valence-electron chi connectivity index (χ1n) is 5.33. The summed E-state index contributed by atoms with van der Waals surface area (Å²) in [5, 5.41) is 19.9. The van der Waals surface area contributed by atoms with Gasteiger partial charge in [0.05, 0.1) is 17.2 Å². The van der Waals surface area contributed by atoms with Gasteiger partial charge in [0.15, 0.2) is 0 Å². The quantitative estimate of drug-likeness (QED) is 0.543. The Kier molecular flexibility index (Phi) is 3.11. The predicted molar refractivity (Wildman–Crippen MR) is 60.2 cm³/mol. The number of aromatic amines is 1. The van der Waals surface area contributed by atoms with E-state index in [-0.39, 0.29) is 17.8 Å². The largest absolute Gasteiger partial charge is 0.391 e. The molecule has 8 heteroatoms. The van der Waals surface area contributed by atoms with Gasteiger partial charge in [-0.3, -0.25) is 19.7 Å². The van der Waals surface area contributed by atoms with Crippen molar-refractivity contribution in [1.29, 1.82) is 0 Å². The van der Waals surface area contributed by atoms with Crippen LogP contribution in [0.2, 0.25) is 0 Å². The van der Waals surface area contributed by atoms with Crippen LogP contribution < -0.4 is 5.56 Å². The highest BCUT2D eigenvalue weighted by atomic mass is 16.6. The Morgan fingerprint density at radius 1 is 1.61 bits per heavy atom. The molecule has 1 aliphatic rings. The average molecular weight is 253 g/mol. The zero-order valence-corrected chi connectivity index (χ0v) is 9.33. The Balaban J connectivity index is 2.32. The molecule has 0 saturated carbocycles. The summed E-state index contributed by atoms with van der Waals surface area (Å²) in [5.41, 5.74) is -1.30. The lowest BCUT2D eigenvalue weighted by Gasteiger charge is -2.14. The summed E-state index contributed by atoms with van der Waals surface area (Å²) in [6, 6.07) is 0.950. The lowest BCUT2D eigenvalue weighted by atomic mass is 10.2. The molecule has 0 aromatic carbocycles. The molecule has 0 bridgehead atoms. The number of aliphatic hydroxyl groups excluding tert-OH is 1. The van der Waals surface area contributed by atoms with Gasteiger partial charge in [0.2, 0.25) is 0 Å². The second kappa shape index (κ2) is 4.57. The molecule has 1 atom stereocenters. The van der Waals surface area contributed by atoms with E-state index in [0.29, 0.717) is 13.0 Å². The van der Waals surface area contributed by atoms with Crippen molar-refractivity contribution in [1.82, 2.24) is 9.88 Å². The van der Waals surface area contributed by atoms with Gasteiger partial charge in [-0.2, -0.15) is 0 Å². The topological polar surface area (TPSA) is 117 Å². The van der Waals surface area contributed by atoms with Crippen LogP contribution in [0.15, 0.2) is 17.1 Å². The number of likely N-dealkylation sites (tertiary alicyclic amines) is 1. The van der Waals surface area contributed by atoms with Crippen molar-refractivity contribution in [3.05, 3.63) is 38.3 Å². The first-order chi connectivity index (χ1) is 8.49. The van der Waals surface area contributed by atoms with Crippen LogP contribution in [0.5, 0.6) is 0 Å². The second-order valence-corrected chi connectivity index (χ2v) is 4.05. The van der Waals surface area contributed by atoms with E-state index in [1.807, 2.05) is 0 Å². The van der Waals surface area contributed by atoms with Crippen LogP contribution in [-0.4, -0.2) is 45.0 Å². The summed E-state index contributed by atoms with van der Waals surface area (Å²) in [7, 11) is 0. The summed E-state index contributed by atoms with van der Waals surface area (Å²) >= 11 is 0. The lowest BCUT2D eigenvalue weighted by molar-refractivity contribution is -0.385. The molecule has 0 unspecified atom stereocenters. The van der Waals surface area contributed by atoms with Crippen molar-refractivity contribution in [2.45, 2.75) is 12.5 Å². The van der Waals surface area contributed by atoms with E-state index in [2.05, 4.69) is 4.98 Å². The highest BCUT2D eigenvalue weighted by Gasteiger charge is 2.27. The van der Waals surface area contributed by atoms with Crippen LogP contribution >= 0.6 is 0 Å². The van der Waals surface area contributed by atoms with E-state index in [1.54, 1.807) is 0 Å². The number of H-pyrrole nitrogens is 1. The van der Waals surface area contributed by atoms with Crippen molar-refractivity contribution in [2.75, 3.05) is 13.1 Å². The van der Waals surface area contributed by atoms with Crippen molar-refractivity contribution >= 4 is 11.6 Å². The third kappa shape index (κ3) is 2.23. The number of β-amino-alcohol motifs (C(OH)–C–C–N with tert-alkyl or cyclic N) is 1. The highest BCUT2D eigenvalue weighted by molar-refractivity contribution is 5.94. The molecule has 2 rings (SSSR count). The molecule has 2 heterocycles. The maximum Gasteiger partial charge on any atom is 0.286 e. The molecule has 1 saturated heterocycles. The van der Waals surface area contributed by atoms with E-state index in [4.69, 9.17) is 0 Å². The maximum atomic E-state index is 12.0. The minimum absolute atomic E-state index is 0.140. The summed E-state index contributed by atoms with van der Waals surface area (Å²) in [6.07, 6.45) is 0.781. The Morgan fingerprint density at radius 3 is 2.89 bits per heavy atom. The fourth-order valence-electron chi connectivity index (χ4n) is 1.83. The normalized spacial score (nSPS) is 18.9. The minimum Gasteiger partial charge on any atom is -0.391 e. The number of aromatic nitrogens is 1. The molecule has 18 heavy (non-hydrogen) atoms. The van der Waals surface area contributed by atoms with Crippen molar-refractivity contribution in [2.24, 2.45) is 0 Å². The first-order valence-corrected chi connectivity index (χ1v) is 5.33. The van der Waals surface area contributed by atoms with Crippen molar-refractivity contribution in [3.8, 4) is 0 Å². The second-order valence-electron chi connectivity index (χ2n) is 4.05. The minimum atomic E-state index is -0.689. The van der Waals surface area contributed by atoms with Crippen LogP contribution in [0, 0.1) is 10.1 Å². The zero-order chi connectivity index (χ0) is 13.3. The smallest absolute Gasteiger partial charge is 0.286 e. The Labute approximate surface area is 101 Å². The third-order valence-corrected chi connectivity index (χ3v) is 2.78. The molecule has 8 nitrogen and oxygen atoms in total. The fourth-order valence-corrected chi connectivity index (χ4v) is 1.83. The number of nitrogens with zero attached hydrogens (tertiary/aromatic N) is 2. The molecule has 1 aromatic heterocycles. The van der Waals surface area contributed by atoms with E-state index >= 15 is 0 Å². The fraction of sp³-hybridized carbons (Fsp3) is 0.400. The molecule has 1 fully saturated rings. The number of amides is 1. The molecule has 1 aromatic rings. The van der Waals surface area contributed by atoms with E-state index < -0.39 is 22.5 Å². The number of hydrogen-bond donors (Lipinski definition) is 2. The van der Waals surface area contributed by atoms with Crippen LogP contribution in [0.3, 0.4) is 0 Å². The van der Waals surface area contributed by atoms with E-state index in [9.17, 15) is 24.8 Å². The van der Waals surface area contributed by atoms with Gasteiger partial charge in [0.25, 0.3) is 17.2 Å². The van der Waals surface area contributed by atoms with E-state index in [1.165, 1.54) is 4.90 Å². The zero-order valence-electron chi connectivity index (χ0n) is 9.33. The molecular formula is C10H11N3O5. The van der Waals surface area contributed by atoms with Gasteiger partial charge < -0.3 is 15.0 Å². The molecule has 1 aliphatic heterocycles. The SMILES string of the molecule is O=C(c1cc([N+](=O)[O-])c[nH]c1=O)N1CC[C@@H](O)C1. The summed E-state index contributed by atoms with van der Waals surface area (Å²) in [6.45, 7) is 0.475. The molecule has 0 aliphatic carbocycles. The average Bonchev–Trinajstić information content (AvgIpc) is 2.75. The number of hydrogen-bond acceptors (Lipinski definition) is 5. The van der Waals surface area contributed by atoms with Gasteiger partial charge in [0.1, 0.15) is 5.56 Å². The van der Waals surface area contributed by atoms with Crippen molar-refractivity contribution in [3.63, 3.8) is 0 Å². The molecule has 96 valence electrons. The predicted octanol–water partition coefficient (Wildman–Crippen LogP) is -0.510. The number of aliphatic hydroxyl groups is 1. The number of rotatable bonds is 2. The van der Waals surface area contributed by atoms with Gasteiger partial charge in [-0.1, -0.05) is 0 Å². The van der Waals surface area contributed by atoms with Gasteiger partial charge in [0, 0.05) is 19.2 Å². The Morgan fingerprint density at radius 2 is 2.33 bits per heavy atom. The van der Waals surface area contributed by atoms with Crippen LogP contribution in [0.25, 0.3) is 0 Å². The van der Waals surface area contributed by atoms with Gasteiger partial charge in [-0.25, -0.2) is 0 Å².